The summed E-state index contributed by atoms with van der Waals surface area (Å²) in [5, 5.41) is 23.7. The maximum atomic E-state index is 12.7. The lowest BCUT2D eigenvalue weighted by Gasteiger charge is -2.53. The molecule has 2 saturated heterocycles. The molecule has 9 nitrogen and oxygen atoms in total. The van der Waals surface area contributed by atoms with Gasteiger partial charge in [0.1, 0.15) is 18.3 Å². The van der Waals surface area contributed by atoms with Crippen LogP contribution >= 0.6 is 11.6 Å². The quantitative estimate of drug-likeness (QED) is 0.331. The Hall–Kier alpha value is -1.94. The molecule has 0 radical (unpaired) electrons. The van der Waals surface area contributed by atoms with Crippen molar-refractivity contribution < 1.29 is 43.5 Å². The minimum absolute atomic E-state index is 0.0601. The minimum Gasteiger partial charge on any atom is -0.459 e. The molecule has 2 N–H and O–H groups in total. The molecule has 11 atom stereocenters. The molecule has 2 aliphatic heterocycles. The lowest BCUT2D eigenvalue weighted by atomic mass is 9.54. The first kappa shape index (κ1) is 25.2. The highest BCUT2D eigenvalue weighted by atomic mass is 35.5. The zero-order valence-electron chi connectivity index (χ0n) is 20.0. The highest BCUT2D eigenvalue weighted by Crippen LogP contribution is 2.61. The molecule has 0 aromatic rings. The molecule has 1 saturated carbocycles. The van der Waals surface area contributed by atoms with E-state index in [9.17, 15) is 24.6 Å². The monoisotopic (exact) mass is 498 g/mol. The fourth-order valence-corrected chi connectivity index (χ4v) is 6.49. The van der Waals surface area contributed by atoms with Gasteiger partial charge in [-0.25, -0.2) is 0 Å². The molecule has 3 fully saturated rings. The maximum Gasteiger partial charge on any atom is 0.312 e. The van der Waals surface area contributed by atoms with Crippen LogP contribution in [0.2, 0.25) is 0 Å². The predicted octanol–water partition coefficient (Wildman–Crippen LogP) is 1.63. The summed E-state index contributed by atoms with van der Waals surface area (Å²) in [7, 11) is 0. The molecule has 34 heavy (non-hydrogen) atoms. The first-order chi connectivity index (χ1) is 15.8. The number of allylic oxidation sites excluding steroid dienone is 2. The van der Waals surface area contributed by atoms with Crippen LogP contribution in [0.15, 0.2) is 22.8 Å². The molecule has 2 aliphatic carbocycles. The van der Waals surface area contributed by atoms with Crippen molar-refractivity contribution in [3.05, 3.63) is 22.8 Å². The third-order valence-corrected chi connectivity index (χ3v) is 8.61. The summed E-state index contributed by atoms with van der Waals surface area (Å²) in [6.45, 7) is 9.22. The van der Waals surface area contributed by atoms with Crippen molar-refractivity contribution >= 4 is 29.5 Å². The zero-order valence-corrected chi connectivity index (χ0v) is 20.7. The van der Waals surface area contributed by atoms with Gasteiger partial charge in [0.25, 0.3) is 0 Å². The Bertz CT molecular complexity index is 975. The van der Waals surface area contributed by atoms with Gasteiger partial charge in [-0.1, -0.05) is 37.6 Å². The third kappa shape index (κ3) is 3.51. The van der Waals surface area contributed by atoms with E-state index >= 15 is 0 Å². The standard InChI is InChI=1S/C24H31ClO9/c1-9-7-8-14(28)23(6)15(10(2)17(31-12(4)26)18-21(23)33-18)19(32-13(5)27)24(30)11(3)22(29)34-20(24)16(9)25/h7-8,10-11,14-15,17-21,28,30H,1-6H3/b8-7-,16-9+/t10-,11+,14+,15-,17+,18+,19+,20+,21+,23-,24-/m1/s1. The van der Waals surface area contributed by atoms with Crippen molar-refractivity contribution in [3.63, 3.8) is 0 Å². The fraction of sp³-hybridized carbons (Fsp3) is 0.708. The number of hydrogen-bond donors (Lipinski definition) is 2. The van der Waals surface area contributed by atoms with Crippen LogP contribution in [0.3, 0.4) is 0 Å². The molecule has 2 heterocycles. The zero-order chi connectivity index (χ0) is 25.3. The number of hydrogen-bond acceptors (Lipinski definition) is 9. The molecule has 4 rings (SSSR count). The van der Waals surface area contributed by atoms with Gasteiger partial charge in [0, 0.05) is 31.1 Å². The van der Waals surface area contributed by atoms with E-state index in [4.69, 9.17) is 30.5 Å². The fourth-order valence-electron chi connectivity index (χ4n) is 6.21. The van der Waals surface area contributed by atoms with Crippen LogP contribution in [-0.4, -0.2) is 70.3 Å². The second kappa shape index (κ2) is 8.33. The van der Waals surface area contributed by atoms with E-state index in [1.807, 2.05) is 0 Å². The number of aliphatic hydroxyl groups is 2. The van der Waals surface area contributed by atoms with Gasteiger partial charge < -0.3 is 29.2 Å². The molecule has 0 bridgehead atoms. The van der Waals surface area contributed by atoms with Crippen molar-refractivity contribution in [1.29, 1.82) is 0 Å². The summed E-state index contributed by atoms with van der Waals surface area (Å²) in [5.41, 5.74) is -2.66. The topological polar surface area (TPSA) is 132 Å². The Morgan fingerprint density at radius 2 is 1.79 bits per heavy atom. The Labute approximate surface area is 203 Å². The second-order valence-electron chi connectivity index (χ2n) is 10.1. The number of ether oxygens (including phenoxy) is 4. The Morgan fingerprint density at radius 3 is 2.38 bits per heavy atom. The van der Waals surface area contributed by atoms with Gasteiger partial charge in [-0.3, -0.25) is 14.4 Å². The summed E-state index contributed by atoms with van der Waals surface area (Å²) >= 11 is 6.60. The molecular formula is C24H31ClO9. The number of carbonyl (C=O) groups is 3. The first-order valence-electron chi connectivity index (χ1n) is 11.4. The molecule has 0 spiro atoms. The molecule has 0 unspecified atom stereocenters. The number of halogens is 1. The van der Waals surface area contributed by atoms with E-state index < -0.39 is 83.3 Å². The number of esters is 3. The SMILES string of the molecule is CC(=O)O[C@H]1[C@H](C)[C@@H]2[C@H](OC(C)=O)[C@]3(O)[C@@H](C)C(=O)O[C@H]3/C(Cl)=C(C)\C=C/[C@H](O)[C@@]2(C)[C@H]2O[C@@H]12. The Morgan fingerprint density at radius 1 is 1.18 bits per heavy atom. The number of rotatable bonds is 2. The molecular weight excluding hydrogens is 468 g/mol. The molecule has 0 aromatic carbocycles. The van der Waals surface area contributed by atoms with E-state index in [1.54, 1.807) is 32.9 Å². The van der Waals surface area contributed by atoms with E-state index in [-0.39, 0.29) is 5.03 Å². The number of aliphatic hydroxyl groups excluding tert-OH is 1. The smallest absolute Gasteiger partial charge is 0.312 e. The van der Waals surface area contributed by atoms with Gasteiger partial charge in [-0.05, 0) is 19.4 Å². The summed E-state index contributed by atoms with van der Waals surface area (Å²) in [5.74, 6) is -4.35. The summed E-state index contributed by atoms with van der Waals surface area (Å²) in [4.78, 5) is 36.9. The predicted molar refractivity (Wildman–Crippen MR) is 118 cm³/mol. The van der Waals surface area contributed by atoms with E-state index in [0.717, 1.165) is 0 Å². The van der Waals surface area contributed by atoms with Crippen molar-refractivity contribution in [2.24, 2.45) is 23.2 Å². The van der Waals surface area contributed by atoms with Gasteiger partial charge in [-0.15, -0.1) is 0 Å². The van der Waals surface area contributed by atoms with Crippen LogP contribution in [0.25, 0.3) is 0 Å². The van der Waals surface area contributed by atoms with Crippen LogP contribution in [0.5, 0.6) is 0 Å². The first-order valence-corrected chi connectivity index (χ1v) is 11.8. The van der Waals surface area contributed by atoms with Crippen LogP contribution in [-0.2, 0) is 33.3 Å². The van der Waals surface area contributed by atoms with Crippen LogP contribution in [0.1, 0.15) is 41.5 Å². The second-order valence-corrected chi connectivity index (χ2v) is 10.5. The minimum atomic E-state index is -2.06. The van der Waals surface area contributed by atoms with Gasteiger partial charge >= 0.3 is 17.9 Å². The van der Waals surface area contributed by atoms with Crippen LogP contribution in [0.4, 0.5) is 0 Å². The summed E-state index contributed by atoms with van der Waals surface area (Å²) in [6.07, 6.45) is -2.29. The molecule has 0 amide bonds. The summed E-state index contributed by atoms with van der Waals surface area (Å²) in [6, 6.07) is 0. The number of fused-ring (bicyclic) bond motifs is 4. The Balaban J connectivity index is 1.97. The van der Waals surface area contributed by atoms with Gasteiger partial charge in [0.15, 0.2) is 11.7 Å². The maximum absolute atomic E-state index is 12.7. The molecule has 0 aromatic heterocycles. The van der Waals surface area contributed by atoms with Gasteiger partial charge in [0.2, 0.25) is 0 Å². The van der Waals surface area contributed by atoms with E-state index in [1.165, 1.54) is 20.8 Å². The normalized spacial score (nSPS) is 50.7. The lowest BCUT2D eigenvalue weighted by Crippen LogP contribution is -2.67. The third-order valence-electron chi connectivity index (χ3n) is 8.12. The molecule has 4 aliphatic rings. The largest absolute Gasteiger partial charge is 0.459 e. The average molecular weight is 499 g/mol. The highest BCUT2D eigenvalue weighted by molar-refractivity contribution is 6.31. The number of carbonyl (C=O) groups excluding carboxylic acids is 3. The highest BCUT2D eigenvalue weighted by Gasteiger charge is 2.74. The van der Waals surface area contributed by atoms with Crippen molar-refractivity contribution in [2.75, 3.05) is 0 Å². The van der Waals surface area contributed by atoms with Crippen LogP contribution < -0.4 is 0 Å². The van der Waals surface area contributed by atoms with Crippen molar-refractivity contribution in [1.82, 2.24) is 0 Å². The Kier molecular flexibility index (Phi) is 6.16. The summed E-state index contributed by atoms with van der Waals surface area (Å²) < 4.78 is 22.8. The van der Waals surface area contributed by atoms with Crippen molar-refractivity contribution in [2.45, 2.75) is 83.8 Å². The average Bonchev–Trinajstić information content (AvgIpc) is 3.52. The molecule has 10 heteroatoms. The van der Waals surface area contributed by atoms with Gasteiger partial charge in [-0.2, -0.15) is 0 Å². The lowest BCUT2D eigenvalue weighted by molar-refractivity contribution is -0.216. The van der Waals surface area contributed by atoms with Crippen LogP contribution in [0, 0.1) is 23.2 Å². The van der Waals surface area contributed by atoms with E-state index in [2.05, 4.69) is 0 Å². The number of epoxide rings is 1. The van der Waals surface area contributed by atoms with Crippen molar-refractivity contribution in [3.8, 4) is 0 Å². The molecule has 188 valence electrons. The van der Waals surface area contributed by atoms with Gasteiger partial charge in [0.05, 0.1) is 23.2 Å². The van der Waals surface area contributed by atoms with E-state index in [0.29, 0.717) is 5.57 Å².